The van der Waals surface area contributed by atoms with Gasteiger partial charge >= 0.3 is 0 Å². The quantitative estimate of drug-likeness (QED) is 0.683. The molecule has 5 heteroatoms. The first-order valence-corrected chi connectivity index (χ1v) is 9.15. The summed E-state index contributed by atoms with van der Waals surface area (Å²) >= 11 is 6.32. The molecule has 1 N–H and O–H groups in total. The minimum atomic E-state index is -0.280. The van der Waals surface area contributed by atoms with Gasteiger partial charge in [0.05, 0.1) is 17.6 Å². The molecular weight excluding hydrogens is 348 g/mol. The Morgan fingerprint density at radius 1 is 1.12 bits per heavy atom. The summed E-state index contributed by atoms with van der Waals surface area (Å²) in [6.07, 6.45) is 3.40. The summed E-state index contributed by atoms with van der Waals surface area (Å²) in [5, 5.41) is 1.33. The first-order valence-electron chi connectivity index (χ1n) is 8.77. The minimum absolute atomic E-state index is 0.0303. The van der Waals surface area contributed by atoms with Gasteiger partial charge in [-0.25, -0.2) is 0 Å². The molecule has 26 heavy (non-hydrogen) atoms. The van der Waals surface area contributed by atoms with Crippen molar-refractivity contribution < 1.29 is 9.59 Å². The molecule has 3 aromatic rings. The molecule has 0 aliphatic carbocycles. The van der Waals surface area contributed by atoms with Crippen molar-refractivity contribution in [1.29, 1.82) is 0 Å². The van der Waals surface area contributed by atoms with Crippen LogP contribution in [0, 0.1) is 0 Å². The summed E-state index contributed by atoms with van der Waals surface area (Å²) in [5.74, 6) is 0.0740. The summed E-state index contributed by atoms with van der Waals surface area (Å²) in [5.41, 5.74) is 2.14. The van der Waals surface area contributed by atoms with Crippen LogP contribution in [0.5, 0.6) is 0 Å². The highest BCUT2D eigenvalue weighted by atomic mass is 35.5. The zero-order valence-electron chi connectivity index (χ0n) is 14.2. The van der Waals surface area contributed by atoms with Crippen molar-refractivity contribution in [2.24, 2.45) is 0 Å². The van der Waals surface area contributed by atoms with Crippen molar-refractivity contribution in [2.75, 3.05) is 13.1 Å². The Kier molecular flexibility index (Phi) is 4.62. The molecule has 0 bridgehead atoms. The highest BCUT2D eigenvalue weighted by Crippen LogP contribution is 2.30. The molecule has 2 heterocycles. The van der Waals surface area contributed by atoms with E-state index in [0.29, 0.717) is 16.1 Å². The molecule has 2 aromatic carbocycles. The van der Waals surface area contributed by atoms with Crippen molar-refractivity contribution >= 4 is 34.1 Å². The lowest BCUT2D eigenvalue weighted by Gasteiger charge is -2.22. The summed E-state index contributed by atoms with van der Waals surface area (Å²) in [6, 6.07) is 14.5. The Balaban J connectivity index is 1.58. The topological polar surface area (TPSA) is 53.2 Å². The average molecular weight is 367 g/mol. The molecular formula is C21H19ClN2O2. The summed E-state index contributed by atoms with van der Waals surface area (Å²) in [7, 11) is 0. The van der Waals surface area contributed by atoms with Gasteiger partial charge in [-0.15, -0.1) is 0 Å². The SMILES string of the molecule is O=C(CN1CCC[C@@H]1C(=O)c1c[nH]c2cccc(Cl)c12)c1ccccc1. The smallest absolute Gasteiger partial charge is 0.182 e. The molecule has 1 saturated heterocycles. The lowest BCUT2D eigenvalue weighted by atomic mass is 10.0. The van der Waals surface area contributed by atoms with E-state index < -0.39 is 0 Å². The van der Waals surface area contributed by atoms with Gasteiger partial charge in [-0.2, -0.15) is 0 Å². The average Bonchev–Trinajstić information content (AvgIpc) is 3.29. The maximum absolute atomic E-state index is 13.2. The van der Waals surface area contributed by atoms with E-state index in [2.05, 4.69) is 4.98 Å². The maximum Gasteiger partial charge on any atom is 0.182 e. The van der Waals surface area contributed by atoms with Crippen LogP contribution in [0.2, 0.25) is 5.02 Å². The van der Waals surface area contributed by atoms with Crippen molar-refractivity contribution in [3.8, 4) is 0 Å². The number of benzene rings is 2. The Hall–Kier alpha value is -2.43. The fraction of sp³-hybridized carbons (Fsp3) is 0.238. The number of ketones is 2. The number of carbonyl (C=O) groups is 2. The molecule has 0 radical (unpaired) electrons. The second kappa shape index (κ2) is 7.06. The molecule has 0 amide bonds. The van der Waals surface area contributed by atoms with Crippen LogP contribution < -0.4 is 0 Å². The van der Waals surface area contributed by atoms with Gasteiger partial charge < -0.3 is 4.98 Å². The number of Topliss-reactive ketones (excluding diaryl/α,β-unsaturated/α-hetero) is 2. The van der Waals surface area contributed by atoms with Gasteiger partial charge in [0.1, 0.15) is 0 Å². The van der Waals surface area contributed by atoms with E-state index in [1.165, 1.54) is 0 Å². The van der Waals surface area contributed by atoms with Crippen LogP contribution in [0.15, 0.2) is 54.7 Å². The molecule has 0 spiro atoms. The summed E-state index contributed by atoms with van der Waals surface area (Å²) in [4.78, 5) is 30.8. The molecule has 1 aromatic heterocycles. The molecule has 1 atom stereocenters. The van der Waals surface area contributed by atoms with E-state index in [1.54, 1.807) is 12.3 Å². The molecule has 0 unspecified atom stereocenters. The third kappa shape index (κ3) is 3.06. The highest BCUT2D eigenvalue weighted by Gasteiger charge is 2.33. The van der Waals surface area contributed by atoms with Crippen LogP contribution in [0.4, 0.5) is 0 Å². The molecule has 4 nitrogen and oxygen atoms in total. The first-order chi connectivity index (χ1) is 12.6. The number of hydrogen-bond donors (Lipinski definition) is 1. The first kappa shape index (κ1) is 17.0. The van der Waals surface area contributed by atoms with E-state index in [4.69, 9.17) is 11.6 Å². The van der Waals surface area contributed by atoms with Crippen LogP contribution in [0.1, 0.15) is 33.6 Å². The van der Waals surface area contributed by atoms with Gasteiger partial charge in [-0.1, -0.05) is 48.0 Å². The van der Waals surface area contributed by atoms with E-state index in [9.17, 15) is 9.59 Å². The number of aromatic amines is 1. The van der Waals surface area contributed by atoms with Crippen LogP contribution in [-0.4, -0.2) is 40.6 Å². The van der Waals surface area contributed by atoms with Crippen LogP contribution >= 0.6 is 11.6 Å². The predicted octanol–water partition coefficient (Wildman–Crippen LogP) is 4.35. The van der Waals surface area contributed by atoms with Crippen LogP contribution in [-0.2, 0) is 0 Å². The van der Waals surface area contributed by atoms with Crippen molar-refractivity contribution in [1.82, 2.24) is 9.88 Å². The van der Waals surface area contributed by atoms with Crippen molar-refractivity contribution in [2.45, 2.75) is 18.9 Å². The fourth-order valence-electron chi connectivity index (χ4n) is 3.73. The predicted molar refractivity (Wildman–Crippen MR) is 103 cm³/mol. The zero-order chi connectivity index (χ0) is 18.1. The number of halogens is 1. The third-order valence-corrected chi connectivity index (χ3v) is 5.34. The number of nitrogens with zero attached hydrogens (tertiary/aromatic N) is 1. The Labute approximate surface area is 156 Å². The zero-order valence-corrected chi connectivity index (χ0v) is 15.0. The molecule has 132 valence electrons. The monoisotopic (exact) mass is 366 g/mol. The lowest BCUT2D eigenvalue weighted by molar-refractivity contribution is 0.0824. The highest BCUT2D eigenvalue weighted by molar-refractivity contribution is 6.37. The van der Waals surface area contributed by atoms with E-state index in [1.807, 2.05) is 47.4 Å². The number of hydrogen-bond acceptors (Lipinski definition) is 3. The molecule has 0 saturated carbocycles. The summed E-state index contributed by atoms with van der Waals surface area (Å²) < 4.78 is 0. The number of carbonyl (C=O) groups excluding carboxylic acids is 2. The van der Waals surface area contributed by atoms with Gasteiger partial charge in [0.25, 0.3) is 0 Å². The number of fused-ring (bicyclic) bond motifs is 1. The van der Waals surface area contributed by atoms with Gasteiger partial charge in [-0.05, 0) is 31.5 Å². The van der Waals surface area contributed by atoms with Gasteiger partial charge in [0, 0.05) is 28.2 Å². The van der Waals surface area contributed by atoms with Gasteiger partial charge in [0.2, 0.25) is 0 Å². The van der Waals surface area contributed by atoms with Crippen molar-refractivity contribution in [3.05, 3.63) is 70.9 Å². The standard InChI is InChI=1S/C21H19ClN2O2/c22-16-8-4-9-17-20(16)15(12-23-17)21(26)18-10-5-11-24(18)13-19(25)14-6-2-1-3-7-14/h1-4,6-9,12,18,23H,5,10-11,13H2/t18-/m1/s1. The van der Waals surface area contributed by atoms with Gasteiger partial charge in [0.15, 0.2) is 11.6 Å². The molecule has 4 rings (SSSR count). The second-order valence-electron chi connectivity index (χ2n) is 6.65. The van der Waals surface area contributed by atoms with E-state index in [-0.39, 0.29) is 24.2 Å². The fourth-order valence-corrected chi connectivity index (χ4v) is 4.00. The number of H-pyrrole nitrogens is 1. The molecule has 1 aliphatic heterocycles. The number of aromatic nitrogens is 1. The Bertz CT molecular complexity index is 965. The van der Waals surface area contributed by atoms with Gasteiger partial charge in [-0.3, -0.25) is 14.5 Å². The van der Waals surface area contributed by atoms with Crippen molar-refractivity contribution in [3.63, 3.8) is 0 Å². The number of likely N-dealkylation sites (tertiary alicyclic amines) is 1. The number of nitrogens with one attached hydrogen (secondary N) is 1. The normalized spacial score (nSPS) is 17.7. The lowest BCUT2D eigenvalue weighted by Crippen LogP contribution is -2.39. The second-order valence-corrected chi connectivity index (χ2v) is 7.05. The van der Waals surface area contributed by atoms with Crippen LogP contribution in [0.25, 0.3) is 10.9 Å². The Morgan fingerprint density at radius 2 is 1.92 bits per heavy atom. The van der Waals surface area contributed by atoms with E-state index >= 15 is 0 Å². The molecule has 1 fully saturated rings. The summed E-state index contributed by atoms with van der Waals surface area (Å²) in [6.45, 7) is 1.02. The molecule has 1 aliphatic rings. The van der Waals surface area contributed by atoms with E-state index in [0.717, 1.165) is 30.3 Å². The van der Waals surface area contributed by atoms with Crippen LogP contribution in [0.3, 0.4) is 0 Å². The third-order valence-electron chi connectivity index (χ3n) is 5.03. The minimum Gasteiger partial charge on any atom is -0.360 e. The Morgan fingerprint density at radius 3 is 2.73 bits per heavy atom. The number of rotatable bonds is 5. The largest absolute Gasteiger partial charge is 0.360 e. The maximum atomic E-state index is 13.2.